The van der Waals surface area contributed by atoms with E-state index in [9.17, 15) is 18.0 Å². The molecule has 0 saturated carbocycles. The van der Waals surface area contributed by atoms with Gasteiger partial charge in [-0.05, 0) is 37.6 Å². The fourth-order valence-electron chi connectivity index (χ4n) is 2.69. The highest BCUT2D eigenvalue weighted by Gasteiger charge is 2.53. The molecule has 2 heterocycles. The summed E-state index contributed by atoms with van der Waals surface area (Å²) in [5, 5.41) is 9.14. The lowest BCUT2D eigenvalue weighted by Gasteiger charge is -2.35. The number of alkyl halides is 3. The van der Waals surface area contributed by atoms with Gasteiger partial charge in [0.25, 0.3) is 5.85 Å². The number of benzene rings is 1. The molecule has 0 bridgehead atoms. The van der Waals surface area contributed by atoms with Crippen molar-refractivity contribution in [2.24, 2.45) is 0 Å². The molecule has 1 fully saturated rings. The van der Waals surface area contributed by atoms with Crippen LogP contribution in [0.2, 0.25) is 5.02 Å². The Morgan fingerprint density at radius 1 is 1.32 bits per heavy atom. The van der Waals surface area contributed by atoms with Crippen molar-refractivity contribution in [2.45, 2.75) is 30.9 Å². The van der Waals surface area contributed by atoms with Crippen molar-refractivity contribution in [3.63, 3.8) is 0 Å². The second-order valence-electron chi connectivity index (χ2n) is 5.21. The van der Waals surface area contributed by atoms with Crippen LogP contribution in [0, 0.1) is 0 Å². The fraction of sp³-hybridized carbons (Fsp3) is 0.462. The SMILES string of the molecule is O=C(OC1(C2CCCN2)Nc2ccc(Cl)cc2N1)C(F)(F)F. The summed E-state index contributed by atoms with van der Waals surface area (Å²) < 4.78 is 42.5. The second-order valence-corrected chi connectivity index (χ2v) is 5.65. The zero-order chi connectivity index (χ0) is 16.0. The largest absolute Gasteiger partial charge is 0.491 e. The van der Waals surface area contributed by atoms with Crippen molar-refractivity contribution in [1.82, 2.24) is 5.32 Å². The lowest BCUT2D eigenvalue weighted by molar-refractivity contribution is -0.211. The van der Waals surface area contributed by atoms with Crippen LogP contribution in [0.3, 0.4) is 0 Å². The highest BCUT2D eigenvalue weighted by molar-refractivity contribution is 6.31. The average Bonchev–Trinajstić information content (AvgIpc) is 3.04. The first-order chi connectivity index (χ1) is 10.3. The van der Waals surface area contributed by atoms with E-state index >= 15 is 0 Å². The van der Waals surface area contributed by atoms with Crippen molar-refractivity contribution in [2.75, 3.05) is 17.2 Å². The van der Waals surface area contributed by atoms with Crippen molar-refractivity contribution >= 4 is 28.9 Å². The van der Waals surface area contributed by atoms with Crippen LogP contribution in [-0.4, -0.2) is 30.6 Å². The number of hydrogen-bond acceptors (Lipinski definition) is 5. The molecule has 1 aromatic carbocycles. The Morgan fingerprint density at radius 2 is 2.05 bits per heavy atom. The minimum absolute atomic E-state index is 0.422. The molecule has 3 N–H and O–H groups in total. The maximum atomic E-state index is 12.6. The number of ether oxygens (including phenoxy) is 1. The molecular formula is C13H13ClF3N3O2. The molecule has 5 nitrogen and oxygen atoms in total. The number of esters is 1. The molecule has 22 heavy (non-hydrogen) atoms. The Morgan fingerprint density at radius 3 is 2.68 bits per heavy atom. The average molecular weight is 336 g/mol. The van der Waals surface area contributed by atoms with E-state index in [1.807, 2.05) is 0 Å². The van der Waals surface area contributed by atoms with Gasteiger partial charge in [0.05, 0.1) is 17.4 Å². The van der Waals surface area contributed by atoms with Gasteiger partial charge < -0.3 is 20.7 Å². The number of anilines is 2. The first-order valence-electron chi connectivity index (χ1n) is 6.70. The summed E-state index contributed by atoms with van der Waals surface area (Å²) in [5.41, 5.74) is 1.00. The molecule has 3 rings (SSSR count). The molecule has 0 aromatic heterocycles. The number of carbonyl (C=O) groups is 1. The summed E-state index contributed by atoms with van der Waals surface area (Å²) in [7, 11) is 0. The van der Waals surface area contributed by atoms with Gasteiger partial charge in [0.1, 0.15) is 0 Å². The Balaban J connectivity index is 1.91. The first-order valence-corrected chi connectivity index (χ1v) is 7.07. The lowest BCUT2D eigenvalue weighted by atomic mass is 10.1. The molecule has 120 valence electrons. The third-order valence-corrected chi connectivity index (χ3v) is 3.89. The van der Waals surface area contributed by atoms with Crippen molar-refractivity contribution in [3.8, 4) is 0 Å². The summed E-state index contributed by atoms with van der Waals surface area (Å²) in [4.78, 5) is 11.3. The maximum absolute atomic E-state index is 12.6. The number of hydrogen-bond donors (Lipinski definition) is 3. The van der Waals surface area contributed by atoms with Gasteiger partial charge in [0.15, 0.2) is 0 Å². The van der Waals surface area contributed by atoms with Gasteiger partial charge in [-0.1, -0.05) is 11.6 Å². The number of rotatable bonds is 2. The molecule has 2 atom stereocenters. The van der Waals surface area contributed by atoms with E-state index in [1.165, 1.54) is 0 Å². The fourth-order valence-corrected chi connectivity index (χ4v) is 2.86. The van der Waals surface area contributed by atoms with Gasteiger partial charge in [0.2, 0.25) is 0 Å². The molecule has 2 aliphatic heterocycles. The maximum Gasteiger partial charge on any atom is 0.491 e. The Bertz CT molecular complexity index is 605. The second kappa shape index (κ2) is 5.20. The van der Waals surface area contributed by atoms with Gasteiger partial charge in [0, 0.05) is 5.02 Å². The van der Waals surface area contributed by atoms with E-state index in [1.54, 1.807) is 18.2 Å². The minimum Gasteiger partial charge on any atom is -0.412 e. The van der Waals surface area contributed by atoms with Crippen LogP contribution in [0.4, 0.5) is 24.5 Å². The van der Waals surface area contributed by atoms with Crippen LogP contribution in [0.15, 0.2) is 18.2 Å². The van der Waals surface area contributed by atoms with Crippen LogP contribution in [-0.2, 0) is 9.53 Å². The standard InChI is InChI=1S/C13H13ClF3N3O2/c14-7-3-4-8-9(6-7)20-13(19-8,10-2-1-5-18-10)22-11(21)12(15,16)17/h3-4,6,10,18-20H,1-2,5H2. The van der Waals surface area contributed by atoms with Crippen LogP contribution in [0.5, 0.6) is 0 Å². The van der Waals surface area contributed by atoms with Gasteiger partial charge in [-0.2, -0.15) is 13.2 Å². The van der Waals surface area contributed by atoms with E-state index in [-0.39, 0.29) is 0 Å². The predicted octanol–water partition coefficient (Wildman–Crippen LogP) is 2.69. The molecule has 2 unspecified atom stereocenters. The molecular weight excluding hydrogens is 323 g/mol. The Kier molecular flexibility index (Phi) is 3.60. The van der Waals surface area contributed by atoms with E-state index in [2.05, 4.69) is 16.0 Å². The third kappa shape index (κ3) is 2.68. The highest BCUT2D eigenvalue weighted by Crippen LogP contribution is 2.40. The number of carbonyl (C=O) groups excluding carboxylic acids is 1. The van der Waals surface area contributed by atoms with Gasteiger partial charge in [-0.15, -0.1) is 0 Å². The molecule has 0 amide bonds. The summed E-state index contributed by atoms with van der Waals surface area (Å²) in [6, 6.07) is 4.27. The molecule has 0 aliphatic carbocycles. The summed E-state index contributed by atoms with van der Waals surface area (Å²) in [5.74, 6) is -3.93. The topological polar surface area (TPSA) is 62.4 Å². The zero-order valence-corrected chi connectivity index (χ0v) is 12.0. The molecule has 9 heteroatoms. The molecule has 0 radical (unpaired) electrons. The summed E-state index contributed by atoms with van der Waals surface area (Å²) >= 11 is 5.88. The number of halogens is 4. The lowest BCUT2D eigenvalue weighted by Crippen LogP contribution is -2.60. The predicted molar refractivity (Wildman–Crippen MR) is 74.6 cm³/mol. The number of nitrogens with one attached hydrogen (secondary N) is 3. The summed E-state index contributed by atoms with van der Waals surface area (Å²) in [6.07, 6.45) is -3.73. The Hall–Kier alpha value is -1.67. The molecule has 2 aliphatic rings. The minimum atomic E-state index is -5.07. The number of fused-ring (bicyclic) bond motifs is 1. The van der Waals surface area contributed by atoms with Crippen molar-refractivity contribution in [3.05, 3.63) is 23.2 Å². The van der Waals surface area contributed by atoms with E-state index in [0.717, 1.165) is 6.42 Å². The van der Waals surface area contributed by atoms with Crippen LogP contribution < -0.4 is 16.0 Å². The molecule has 1 saturated heterocycles. The first kappa shape index (κ1) is 15.2. The van der Waals surface area contributed by atoms with E-state index in [4.69, 9.17) is 16.3 Å². The van der Waals surface area contributed by atoms with Gasteiger partial charge >= 0.3 is 12.1 Å². The van der Waals surface area contributed by atoms with Crippen molar-refractivity contribution in [1.29, 1.82) is 0 Å². The monoisotopic (exact) mass is 335 g/mol. The normalized spacial score (nSPS) is 27.0. The Labute approximate surface area is 129 Å². The van der Waals surface area contributed by atoms with Crippen LogP contribution in [0.25, 0.3) is 0 Å². The van der Waals surface area contributed by atoms with Crippen LogP contribution >= 0.6 is 11.6 Å². The highest BCUT2D eigenvalue weighted by atomic mass is 35.5. The van der Waals surface area contributed by atoms with Gasteiger partial charge in [-0.3, -0.25) is 0 Å². The van der Waals surface area contributed by atoms with Crippen LogP contribution in [0.1, 0.15) is 12.8 Å². The smallest absolute Gasteiger partial charge is 0.412 e. The van der Waals surface area contributed by atoms with E-state index in [0.29, 0.717) is 29.4 Å². The zero-order valence-electron chi connectivity index (χ0n) is 11.3. The quantitative estimate of drug-likeness (QED) is 0.725. The van der Waals surface area contributed by atoms with E-state index < -0.39 is 24.0 Å². The van der Waals surface area contributed by atoms with Crippen molar-refractivity contribution < 1.29 is 22.7 Å². The molecule has 0 spiro atoms. The molecule has 1 aromatic rings. The third-order valence-electron chi connectivity index (χ3n) is 3.66. The summed E-state index contributed by atoms with van der Waals surface area (Å²) in [6.45, 7) is 0.635. The van der Waals surface area contributed by atoms with Gasteiger partial charge in [-0.25, -0.2) is 4.79 Å².